The van der Waals surface area contributed by atoms with Gasteiger partial charge in [-0.2, -0.15) is 0 Å². The van der Waals surface area contributed by atoms with Crippen LogP contribution in [0, 0.1) is 33.1 Å². The van der Waals surface area contributed by atoms with Crippen LogP contribution in [0.4, 0.5) is 0 Å². The number of aldehydes is 1. The molecule has 0 saturated heterocycles. The number of hydrogen-bond acceptors (Lipinski definition) is 10. The van der Waals surface area contributed by atoms with Crippen molar-refractivity contribution >= 4 is 55.5 Å². The van der Waals surface area contributed by atoms with Crippen molar-refractivity contribution in [2.45, 2.75) is 67.3 Å². The van der Waals surface area contributed by atoms with Gasteiger partial charge in [0.05, 0.1) is 40.0 Å². The first-order valence-corrected chi connectivity index (χ1v) is 24.8. The summed E-state index contributed by atoms with van der Waals surface area (Å²) in [6.45, 7) is 10.3. The van der Waals surface area contributed by atoms with Gasteiger partial charge in [-0.3, -0.25) is 14.4 Å². The Labute approximate surface area is 466 Å². The number of methoxy groups -OCH3 is 3. The minimum absolute atomic E-state index is 0. The molecule has 0 aliphatic heterocycles. The molecule has 14 heteroatoms. The first-order valence-electron chi connectivity index (χ1n) is 24.8. The van der Waals surface area contributed by atoms with Crippen LogP contribution in [0.25, 0.3) is 46.6 Å². The molecule has 0 aliphatic carbocycles. The predicted octanol–water partition coefficient (Wildman–Crippen LogP) is 10.7. The van der Waals surface area contributed by atoms with Gasteiger partial charge in [0.2, 0.25) is 0 Å². The Balaban J connectivity index is 0.000000409. The quantitative estimate of drug-likeness (QED) is 0.0267. The topological polar surface area (TPSA) is 238 Å². The van der Waals surface area contributed by atoms with Crippen LogP contribution in [0.15, 0.2) is 146 Å². The van der Waals surface area contributed by atoms with Crippen molar-refractivity contribution in [1.82, 2.24) is 0 Å². The number of hydrogen-bond donors (Lipinski definition) is 6. The minimum atomic E-state index is -1.49. The molecule has 79 heavy (non-hydrogen) atoms. The summed E-state index contributed by atoms with van der Waals surface area (Å²) >= 11 is 0. The lowest BCUT2D eigenvalue weighted by atomic mass is 9.84. The summed E-state index contributed by atoms with van der Waals surface area (Å²) in [6.07, 6.45) is 10.3. The van der Waals surface area contributed by atoms with Gasteiger partial charge in [0.25, 0.3) is 0 Å². The molecule has 0 aromatic heterocycles. The fourth-order valence-electron chi connectivity index (χ4n) is 7.56. The van der Waals surface area contributed by atoms with E-state index in [9.17, 15) is 24.6 Å². The number of benzene rings is 7. The lowest BCUT2D eigenvalue weighted by molar-refractivity contribution is -0.150. The molecular formula is C65H77BNO12. The Morgan fingerprint density at radius 1 is 0.570 bits per heavy atom. The Morgan fingerprint density at radius 3 is 1.35 bits per heavy atom. The summed E-state index contributed by atoms with van der Waals surface area (Å²) < 4.78 is 15.4. The normalized spacial score (nSPS) is 12.0. The second kappa shape index (κ2) is 32.6. The first kappa shape index (κ1) is 67.0. The number of aliphatic hydroxyl groups excluding tert-OH is 2. The highest BCUT2D eigenvalue weighted by atomic mass is 16.5. The molecule has 0 saturated carbocycles. The van der Waals surface area contributed by atoms with Crippen LogP contribution in [0.5, 0.6) is 17.2 Å². The highest BCUT2D eigenvalue weighted by molar-refractivity contribution is 6.45. The van der Waals surface area contributed by atoms with Gasteiger partial charge in [0, 0.05) is 5.56 Å². The van der Waals surface area contributed by atoms with Crippen molar-refractivity contribution in [2.75, 3.05) is 34.5 Å². The number of aliphatic hydroxyl groups is 2. The van der Waals surface area contributed by atoms with Crippen LogP contribution >= 0.6 is 0 Å². The number of nitrogens with two attached hydrogens (primary N) is 1. The van der Waals surface area contributed by atoms with Gasteiger partial charge in [-0.05, 0) is 169 Å². The Hall–Kier alpha value is -8.11. The van der Waals surface area contributed by atoms with E-state index in [-0.39, 0.29) is 19.5 Å². The van der Waals surface area contributed by atoms with Crippen LogP contribution in [-0.2, 0) is 16.0 Å². The third kappa shape index (κ3) is 19.7. The molecule has 0 bridgehead atoms. The van der Waals surface area contributed by atoms with Crippen molar-refractivity contribution in [3.05, 3.63) is 201 Å². The number of carboxylic acids is 2. The molecule has 0 amide bonds. The number of aliphatic carboxylic acids is 2. The van der Waals surface area contributed by atoms with Crippen LogP contribution < -0.4 is 25.4 Å². The molecule has 9 N–H and O–H groups in total. The number of ether oxygens (including phenoxy) is 3. The summed E-state index contributed by atoms with van der Waals surface area (Å²) in [7, 11) is 6.00. The SMILES string of the molecule is C.CC(N)(CO)C(=O)O.COc1ccc(-c2cccc(/C=C/c3cc(C=O)ccc3C)c2C)cc1.COc1ccc(-c2cccc(/C=C/c3cc(CCC(C)(CO)C(=O)O)ccc3C)c2C)cc1.COc1ccc([B]O)cc1.O. The maximum atomic E-state index is 11.5. The number of carbonyl (C=O) groups excluding carboxylic acids is 1. The Morgan fingerprint density at radius 2 is 0.987 bits per heavy atom. The summed E-state index contributed by atoms with van der Waals surface area (Å²) in [5.41, 5.74) is 18.8. The molecule has 417 valence electrons. The zero-order valence-corrected chi connectivity index (χ0v) is 45.9. The summed E-state index contributed by atoms with van der Waals surface area (Å²) in [4.78, 5) is 32.5. The van der Waals surface area contributed by atoms with E-state index in [1.54, 1.807) is 52.5 Å². The van der Waals surface area contributed by atoms with Crippen LogP contribution in [0.2, 0.25) is 0 Å². The molecule has 13 nitrogen and oxygen atoms in total. The summed E-state index contributed by atoms with van der Waals surface area (Å²) in [5, 5.41) is 43.9. The Kier molecular flexibility index (Phi) is 27.6. The molecule has 2 atom stereocenters. The third-order valence-corrected chi connectivity index (χ3v) is 13.1. The highest BCUT2D eigenvalue weighted by Gasteiger charge is 2.32. The van der Waals surface area contributed by atoms with Gasteiger partial charge in [0.1, 0.15) is 29.1 Å². The van der Waals surface area contributed by atoms with E-state index in [1.165, 1.54) is 29.2 Å². The van der Waals surface area contributed by atoms with Crippen molar-refractivity contribution in [3.63, 3.8) is 0 Å². The fourth-order valence-corrected chi connectivity index (χ4v) is 7.56. The molecule has 7 rings (SSSR count). The number of aryl methyl sites for hydroxylation is 3. The molecule has 0 aliphatic rings. The zero-order valence-electron chi connectivity index (χ0n) is 45.9. The van der Waals surface area contributed by atoms with E-state index in [0.29, 0.717) is 18.4 Å². The number of rotatable bonds is 18. The highest BCUT2D eigenvalue weighted by Crippen LogP contribution is 2.31. The van der Waals surface area contributed by atoms with Crippen molar-refractivity contribution in [1.29, 1.82) is 0 Å². The van der Waals surface area contributed by atoms with Crippen molar-refractivity contribution in [3.8, 4) is 39.5 Å². The molecule has 0 heterocycles. The van der Waals surface area contributed by atoms with Gasteiger partial charge >= 0.3 is 19.4 Å². The molecule has 7 aromatic carbocycles. The number of carbonyl (C=O) groups is 3. The average Bonchev–Trinajstić information content (AvgIpc) is 3.47. The molecular weight excluding hydrogens is 998 g/mol. The third-order valence-electron chi connectivity index (χ3n) is 13.1. The van der Waals surface area contributed by atoms with Gasteiger partial charge in [0.15, 0.2) is 0 Å². The monoisotopic (exact) mass is 1070 g/mol. The zero-order chi connectivity index (χ0) is 56.7. The second-order valence-electron chi connectivity index (χ2n) is 18.9. The Bertz CT molecular complexity index is 3070. The van der Waals surface area contributed by atoms with E-state index < -0.39 is 29.5 Å². The first-order chi connectivity index (χ1) is 36.8. The number of carboxylic acid groups (broad SMARTS) is 2. The van der Waals surface area contributed by atoms with E-state index >= 15 is 0 Å². The van der Waals surface area contributed by atoms with E-state index in [0.717, 1.165) is 86.6 Å². The van der Waals surface area contributed by atoms with E-state index in [4.69, 9.17) is 35.2 Å². The lowest BCUT2D eigenvalue weighted by Crippen LogP contribution is -2.48. The standard InChI is InChI=1S/C29H32O4.C24H22O2.C7H8BO2.C4H9NO3.CH4.H2O/c1-20-8-9-22(16-17-29(3,19-30)28(31)32)18-25(20)11-10-23-6-5-7-27(21(23)2)24-12-14-26(33-4)15-13-24;1-17-7-8-19(16-25)15-22(17)10-9-20-5-4-6-24(18(20)2)21-11-13-23(26-3)14-12-21;1-10-7-4-2-6(8-9)3-5-7;1-4(5,2-6)3(7)8;;/h5-15,18,30H,16-17,19H2,1-4H3,(H,31,32);4-16H,1-3H3;2-5,9H,1H3;6H,2,5H2,1H3,(H,7,8);1H4;1H2/b11-10+;10-9+;;;;. The summed E-state index contributed by atoms with van der Waals surface area (Å²) in [5.74, 6) is 0.327. The minimum Gasteiger partial charge on any atom is -0.497 e. The predicted molar refractivity (Wildman–Crippen MR) is 321 cm³/mol. The smallest absolute Gasteiger partial charge is 0.326 e. The van der Waals surface area contributed by atoms with Gasteiger partial charge in [-0.1, -0.05) is 140 Å². The van der Waals surface area contributed by atoms with Crippen molar-refractivity contribution in [2.24, 2.45) is 11.1 Å². The molecule has 0 fully saturated rings. The summed E-state index contributed by atoms with van der Waals surface area (Å²) in [6, 6.07) is 47.9. The molecule has 2 unspecified atom stereocenters. The fraction of sp³-hybridized carbons (Fsp3) is 0.246. The lowest BCUT2D eigenvalue weighted by Gasteiger charge is -2.21. The van der Waals surface area contributed by atoms with E-state index in [1.807, 2.05) is 48.5 Å². The van der Waals surface area contributed by atoms with Gasteiger partial charge in [-0.25, -0.2) is 0 Å². The average molecular weight is 1080 g/mol. The van der Waals surface area contributed by atoms with Gasteiger partial charge in [-0.15, -0.1) is 0 Å². The van der Waals surface area contributed by atoms with E-state index in [2.05, 4.69) is 125 Å². The molecule has 0 spiro atoms. The van der Waals surface area contributed by atoms with Crippen LogP contribution in [0.1, 0.15) is 88.1 Å². The van der Waals surface area contributed by atoms with Crippen LogP contribution in [0.3, 0.4) is 0 Å². The maximum absolute atomic E-state index is 11.5. The maximum Gasteiger partial charge on any atom is 0.326 e. The van der Waals surface area contributed by atoms with Crippen LogP contribution in [-0.4, -0.2) is 96.7 Å². The van der Waals surface area contributed by atoms with Gasteiger partial charge < -0.3 is 50.9 Å². The van der Waals surface area contributed by atoms with Crippen molar-refractivity contribution < 1.29 is 59.5 Å². The largest absolute Gasteiger partial charge is 0.497 e. The second-order valence-corrected chi connectivity index (χ2v) is 18.9. The molecule has 7 aromatic rings. The molecule has 1 radical (unpaired) electrons.